The molecule has 1 aromatic carbocycles. The zero-order valence-electron chi connectivity index (χ0n) is 9.28. The van der Waals surface area contributed by atoms with E-state index in [1.807, 2.05) is 5.38 Å². The number of thiazole rings is 1. The van der Waals surface area contributed by atoms with Crippen LogP contribution in [0.4, 0.5) is 4.39 Å². The van der Waals surface area contributed by atoms with Crippen molar-refractivity contribution in [2.24, 2.45) is 0 Å². The number of likely N-dealkylation sites (N-methyl/N-ethyl adjacent to an activating group) is 1. The molecule has 0 amide bonds. The minimum absolute atomic E-state index is 0.111. The van der Waals surface area contributed by atoms with Crippen LogP contribution in [0.2, 0.25) is 5.02 Å². The monoisotopic (exact) mass is 270 g/mol. The molecule has 90 valence electrons. The largest absolute Gasteiger partial charge is 0.313 e. The zero-order chi connectivity index (χ0) is 12.3. The summed E-state index contributed by atoms with van der Waals surface area (Å²) in [5.41, 5.74) is 0.579. The smallest absolute Gasteiger partial charge is 0.128 e. The van der Waals surface area contributed by atoms with E-state index >= 15 is 0 Å². The van der Waals surface area contributed by atoms with Crippen LogP contribution in [0.15, 0.2) is 29.8 Å². The lowest BCUT2D eigenvalue weighted by Crippen LogP contribution is -2.20. The zero-order valence-corrected chi connectivity index (χ0v) is 10.9. The minimum Gasteiger partial charge on any atom is -0.313 e. The Balaban J connectivity index is 2.25. The number of benzene rings is 1. The molecule has 1 N–H and O–H groups in total. The average molecular weight is 271 g/mol. The molecule has 2 aromatic rings. The van der Waals surface area contributed by atoms with Crippen LogP contribution in [0.1, 0.15) is 16.6 Å². The summed E-state index contributed by atoms with van der Waals surface area (Å²) in [4.78, 5) is 4.20. The Morgan fingerprint density at radius 2 is 2.35 bits per heavy atom. The molecule has 0 radical (unpaired) electrons. The standard InChI is InChI=1S/C12H12ClFN2S/c1-15-11(7-12-16-4-5-17-12)9-6-8(13)2-3-10(9)14/h2-6,11,15H,7H2,1H3. The molecule has 0 spiro atoms. The second-order valence-electron chi connectivity index (χ2n) is 3.64. The SMILES string of the molecule is CNC(Cc1nccs1)c1cc(Cl)ccc1F. The van der Waals surface area contributed by atoms with Gasteiger partial charge < -0.3 is 5.32 Å². The quantitative estimate of drug-likeness (QED) is 0.921. The molecule has 0 aliphatic rings. The Morgan fingerprint density at radius 1 is 1.53 bits per heavy atom. The first kappa shape index (κ1) is 12.5. The van der Waals surface area contributed by atoms with Gasteiger partial charge in [0.2, 0.25) is 0 Å². The molecule has 0 aliphatic carbocycles. The molecule has 0 bridgehead atoms. The van der Waals surface area contributed by atoms with E-state index in [2.05, 4.69) is 10.3 Å². The van der Waals surface area contributed by atoms with E-state index in [0.717, 1.165) is 5.01 Å². The summed E-state index contributed by atoms with van der Waals surface area (Å²) in [5.74, 6) is -0.245. The van der Waals surface area contributed by atoms with Gasteiger partial charge in [-0.3, -0.25) is 0 Å². The maximum atomic E-state index is 13.7. The maximum absolute atomic E-state index is 13.7. The maximum Gasteiger partial charge on any atom is 0.128 e. The third kappa shape index (κ3) is 3.03. The first-order chi connectivity index (χ1) is 8.20. The van der Waals surface area contributed by atoms with Crippen LogP contribution in [0, 0.1) is 5.82 Å². The van der Waals surface area contributed by atoms with Gasteiger partial charge in [-0.1, -0.05) is 11.6 Å². The predicted octanol–water partition coefficient (Wildman–Crippen LogP) is 3.44. The number of nitrogens with one attached hydrogen (secondary N) is 1. The average Bonchev–Trinajstić information content (AvgIpc) is 2.82. The van der Waals surface area contributed by atoms with Crippen molar-refractivity contribution in [3.8, 4) is 0 Å². The Morgan fingerprint density at radius 3 is 3.00 bits per heavy atom. The van der Waals surface area contributed by atoms with Crippen LogP contribution < -0.4 is 5.32 Å². The van der Waals surface area contributed by atoms with E-state index in [4.69, 9.17) is 11.6 Å². The van der Waals surface area contributed by atoms with Gasteiger partial charge in [-0.25, -0.2) is 9.37 Å². The third-order valence-corrected chi connectivity index (χ3v) is 3.58. The topological polar surface area (TPSA) is 24.9 Å². The molecule has 0 aliphatic heterocycles. The molecule has 2 nitrogen and oxygen atoms in total. The van der Waals surface area contributed by atoms with Gasteiger partial charge in [0, 0.05) is 34.6 Å². The number of hydrogen-bond acceptors (Lipinski definition) is 3. The molecular formula is C12H12ClFN2S. The van der Waals surface area contributed by atoms with Crippen LogP contribution >= 0.6 is 22.9 Å². The van der Waals surface area contributed by atoms with Crippen molar-refractivity contribution in [1.29, 1.82) is 0 Å². The molecule has 1 atom stereocenters. The highest BCUT2D eigenvalue weighted by Gasteiger charge is 2.16. The third-order valence-electron chi connectivity index (χ3n) is 2.54. The number of rotatable bonds is 4. The minimum atomic E-state index is -0.245. The molecule has 17 heavy (non-hydrogen) atoms. The van der Waals surface area contributed by atoms with E-state index in [-0.39, 0.29) is 11.9 Å². The van der Waals surface area contributed by atoms with E-state index < -0.39 is 0 Å². The van der Waals surface area contributed by atoms with Crippen LogP contribution in [0.3, 0.4) is 0 Å². The van der Waals surface area contributed by atoms with Gasteiger partial charge in [-0.15, -0.1) is 11.3 Å². The lowest BCUT2D eigenvalue weighted by atomic mass is 10.0. The van der Waals surface area contributed by atoms with Crippen molar-refractivity contribution in [3.05, 3.63) is 51.2 Å². The fourth-order valence-electron chi connectivity index (χ4n) is 1.68. The lowest BCUT2D eigenvalue weighted by molar-refractivity contribution is 0.533. The first-order valence-electron chi connectivity index (χ1n) is 5.21. The Hall–Kier alpha value is -0.970. The molecule has 1 aromatic heterocycles. The van der Waals surface area contributed by atoms with Crippen molar-refractivity contribution in [2.45, 2.75) is 12.5 Å². The molecule has 0 fully saturated rings. The molecule has 1 unspecified atom stereocenters. The van der Waals surface area contributed by atoms with E-state index in [1.54, 1.807) is 36.7 Å². The second-order valence-corrected chi connectivity index (χ2v) is 5.05. The first-order valence-corrected chi connectivity index (χ1v) is 6.47. The van der Waals surface area contributed by atoms with Gasteiger partial charge in [0.25, 0.3) is 0 Å². The predicted molar refractivity (Wildman–Crippen MR) is 69.0 cm³/mol. The van der Waals surface area contributed by atoms with E-state index in [9.17, 15) is 4.39 Å². The lowest BCUT2D eigenvalue weighted by Gasteiger charge is -2.16. The van der Waals surface area contributed by atoms with Gasteiger partial charge in [0.15, 0.2) is 0 Å². The van der Waals surface area contributed by atoms with Crippen molar-refractivity contribution in [1.82, 2.24) is 10.3 Å². The van der Waals surface area contributed by atoms with Crippen LogP contribution in [0.5, 0.6) is 0 Å². The summed E-state index contributed by atoms with van der Waals surface area (Å²) in [7, 11) is 1.80. The van der Waals surface area contributed by atoms with E-state index in [0.29, 0.717) is 17.0 Å². The highest BCUT2D eigenvalue weighted by atomic mass is 35.5. The summed E-state index contributed by atoms with van der Waals surface area (Å²) in [5, 5.41) is 6.52. The van der Waals surface area contributed by atoms with Gasteiger partial charge in [-0.05, 0) is 25.2 Å². The summed E-state index contributed by atoms with van der Waals surface area (Å²) in [6.45, 7) is 0. The van der Waals surface area contributed by atoms with Gasteiger partial charge in [-0.2, -0.15) is 0 Å². The number of halogens is 2. The van der Waals surface area contributed by atoms with Crippen molar-refractivity contribution >= 4 is 22.9 Å². The Labute approximate surface area is 108 Å². The highest BCUT2D eigenvalue weighted by molar-refractivity contribution is 7.09. The normalized spacial score (nSPS) is 12.6. The van der Waals surface area contributed by atoms with Crippen LogP contribution in [0.25, 0.3) is 0 Å². The van der Waals surface area contributed by atoms with Crippen LogP contribution in [-0.2, 0) is 6.42 Å². The fourth-order valence-corrected chi connectivity index (χ4v) is 2.52. The molecule has 1 heterocycles. The molecule has 2 rings (SSSR count). The number of hydrogen-bond donors (Lipinski definition) is 1. The molecule has 0 saturated carbocycles. The number of nitrogens with zero attached hydrogens (tertiary/aromatic N) is 1. The van der Waals surface area contributed by atoms with Crippen molar-refractivity contribution in [2.75, 3.05) is 7.05 Å². The van der Waals surface area contributed by atoms with E-state index in [1.165, 1.54) is 6.07 Å². The molecular weight excluding hydrogens is 259 g/mol. The van der Waals surface area contributed by atoms with Gasteiger partial charge >= 0.3 is 0 Å². The van der Waals surface area contributed by atoms with Crippen molar-refractivity contribution < 1.29 is 4.39 Å². The fraction of sp³-hybridized carbons (Fsp3) is 0.250. The van der Waals surface area contributed by atoms with Gasteiger partial charge in [0.1, 0.15) is 5.82 Å². The highest BCUT2D eigenvalue weighted by Crippen LogP contribution is 2.24. The Bertz CT molecular complexity index is 487. The summed E-state index contributed by atoms with van der Waals surface area (Å²) in [6, 6.07) is 4.49. The molecule has 5 heteroatoms. The Kier molecular flexibility index (Phi) is 4.10. The summed E-state index contributed by atoms with van der Waals surface area (Å²) >= 11 is 7.46. The van der Waals surface area contributed by atoms with Crippen LogP contribution in [-0.4, -0.2) is 12.0 Å². The molecule has 0 saturated heterocycles. The van der Waals surface area contributed by atoms with Crippen molar-refractivity contribution in [3.63, 3.8) is 0 Å². The second kappa shape index (κ2) is 5.58. The summed E-state index contributed by atoms with van der Waals surface area (Å²) < 4.78 is 13.7. The van der Waals surface area contributed by atoms with Gasteiger partial charge in [0.05, 0.1) is 5.01 Å². The number of aromatic nitrogens is 1. The summed E-state index contributed by atoms with van der Waals surface area (Å²) in [6.07, 6.45) is 2.41.